The Labute approximate surface area is 96.1 Å². The minimum atomic E-state index is 0.680. The van der Waals surface area contributed by atoms with E-state index in [0.717, 1.165) is 6.42 Å². The molecule has 0 saturated carbocycles. The predicted octanol–water partition coefficient (Wildman–Crippen LogP) is 2.77. The van der Waals surface area contributed by atoms with Crippen molar-refractivity contribution < 1.29 is 0 Å². The van der Waals surface area contributed by atoms with Crippen molar-refractivity contribution in [2.24, 2.45) is 0 Å². The third kappa shape index (κ3) is 1.74. The van der Waals surface area contributed by atoms with Gasteiger partial charge in [0.2, 0.25) is 0 Å². The summed E-state index contributed by atoms with van der Waals surface area (Å²) in [4.78, 5) is 3.36. The van der Waals surface area contributed by atoms with Gasteiger partial charge in [-0.15, -0.1) is 0 Å². The quantitative estimate of drug-likeness (QED) is 0.790. The summed E-state index contributed by atoms with van der Waals surface area (Å²) in [6.07, 6.45) is 5.97. The molecule has 1 unspecified atom stereocenters. The van der Waals surface area contributed by atoms with Crippen LogP contribution in [0, 0.1) is 6.92 Å². The zero-order valence-electron chi connectivity index (χ0n) is 9.72. The molecule has 1 atom stereocenters. The Balaban J connectivity index is 1.93. The van der Waals surface area contributed by atoms with Gasteiger partial charge in [-0.3, -0.25) is 0 Å². The number of nitrogens with one attached hydrogen (secondary N) is 2. The fourth-order valence-corrected chi connectivity index (χ4v) is 2.66. The average Bonchev–Trinajstić information content (AvgIpc) is 2.90. The molecule has 2 heteroatoms. The minimum absolute atomic E-state index is 0.680. The molecule has 16 heavy (non-hydrogen) atoms. The minimum Gasteiger partial charge on any atom is -0.361 e. The Hall–Kier alpha value is -1.28. The molecule has 1 fully saturated rings. The molecule has 1 aromatic heterocycles. The zero-order chi connectivity index (χ0) is 11.0. The van der Waals surface area contributed by atoms with Crippen LogP contribution in [0.2, 0.25) is 0 Å². The lowest BCUT2D eigenvalue weighted by atomic mass is 10.0. The van der Waals surface area contributed by atoms with Crippen LogP contribution in [-0.2, 0) is 6.42 Å². The molecule has 0 bridgehead atoms. The van der Waals surface area contributed by atoms with Crippen LogP contribution in [0.4, 0.5) is 0 Å². The van der Waals surface area contributed by atoms with Gasteiger partial charge in [-0.1, -0.05) is 11.6 Å². The first-order valence-corrected chi connectivity index (χ1v) is 6.13. The second kappa shape index (κ2) is 3.95. The van der Waals surface area contributed by atoms with Gasteiger partial charge < -0.3 is 10.3 Å². The van der Waals surface area contributed by atoms with Crippen LogP contribution in [0.15, 0.2) is 24.4 Å². The molecular formula is C14H18N2. The van der Waals surface area contributed by atoms with Gasteiger partial charge in [0.05, 0.1) is 0 Å². The summed E-state index contributed by atoms with van der Waals surface area (Å²) >= 11 is 0. The van der Waals surface area contributed by atoms with Crippen LogP contribution >= 0.6 is 0 Å². The van der Waals surface area contributed by atoms with Gasteiger partial charge in [0.15, 0.2) is 0 Å². The van der Waals surface area contributed by atoms with Crippen molar-refractivity contribution in [3.05, 3.63) is 35.5 Å². The number of aromatic amines is 1. The lowest BCUT2D eigenvalue weighted by Crippen LogP contribution is -2.23. The van der Waals surface area contributed by atoms with Crippen molar-refractivity contribution in [1.82, 2.24) is 10.3 Å². The lowest BCUT2D eigenvalue weighted by molar-refractivity contribution is 0.605. The maximum absolute atomic E-state index is 3.56. The van der Waals surface area contributed by atoms with E-state index in [-0.39, 0.29) is 0 Å². The molecule has 2 heterocycles. The van der Waals surface area contributed by atoms with E-state index in [1.54, 1.807) is 0 Å². The Morgan fingerprint density at radius 3 is 3.12 bits per heavy atom. The van der Waals surface area contributed by atoms with E-state index < -0.39 is 0 Å². The topological polar surface area (TPSA) is 27.8 Å². The van der Waals surface area contributed by atoms with Crippen LogP contribution in [-0.4, -0.2) is 17.6 Å². The normalized spacial score (nSPS) is 20.7. The second-order valence-electron chi connectivity index (χ2n) is 4.86. The number of fused-ring (bicyclic) bond motifs is 1. The molecule has 1 aromatic carbocycles. The van der Waals surface area contributed by atoms with Gasteiger partial charge in [-0.05, 0) is 50.4 Å². The standard InChI is InChI=1S/C14H18N2/c1-10-4-5-14-13(7-10)11(9-16-14)8-12-3-2-6-15-12/h4-5,7,9,12,15-16H,2-3,6,8H2,1H3. The molecule has 84 valence electrons. The number of rotatable bonds is 2. The predicted molar refractivity (Wildman–Crippen MR) is 67.8 cm³/mol. The van der Waals surface area contributed by atoms with Crippen LogP contribution < -0.4 is 5.32 Å². The van der Waals surface area contributed by atoms with Crippen molar-refractivity contribution in [3.8, 4) is 0 Å². The maximum Gasteiger partial charge on any atom is 0.0456 e. The fourth-order valence-electron chi connectivity index (χ4n) is 2.66. The first-order chi connectivity index (χ1) is 7.83. The largest absolute Gasteiger partial charge is 0.361 e. The molecule has 1 saturated heterocycles. The third-order valence-electron chi connectivity index (χ3n) is 3.55. The first kappa shape index (κ1) is 9.91. The summed E-state index contributed by atoms with van der Waals surface area (Å²) < 4.78 is 0. The molecule has 3 rings (SSSR count). The van der Waals surface area contributed by atoms with Gasteiger partial charge in [0.25, 0.3) is 0 Å². The van der Waals surface area contributed by atoms with Gasteiger partial charge >= 0.3 is 0 Å². The molecule has 2 nitrogen and oxygen atoms in total. The lowest BCUT2D eigenvalue weighted by Gasteiger charge is -2.08. The highest BCUT2D eigenvalue weighted by Crippen LogP contribution is 2.22. The average molecular weight is 214 g/mol. The van der Waals surface area contributed by atoms with Crippen molar-refractivity contribution in [2.45, 2.75) is 32.2 Å². The van der Waals surface area contributed by atoms with E-state index in [9.17, 15) is 0 Å². The summed E-state index contributed by atoms with van der Waals surface area (Å²) in [5, 5.41) is 4.96. The van der Waals surface area contributed by atoms with Crippen molar-refractivity contribution >= 4 is 10.9 Å². The van der Waals surface area contributed by atoms with Crippen molar-refractivity contribution in [3.63, 3.8) is 0 Å². The highest BCUT2D eigenvalue weighted by molar-refractivity contribution is 5.83. The van der Waals surface area contributed by atoms with E-state index >= 15 is 0 Å². The van der Waals surface area contributed by atoms with E-state index in [4.69, 9.17) is 0 Å². The molecular weight excluding hydrogens is 196 g/mol. The molecule has 0 aliphatic carbocycles. The highest BCUT2D eigenvalue weighted by Gasteiger charge is 2.16. The summed E-state index contributed by atoms with van der Waals surface area (Å²) in [6.45, 7) is 3.34. The summed E-state index contributed by atoms with van der Waals surface area (Å²) in [6, 6.07) is 7.31. The van der Waals surface area contributed by atoms with Crippen LogP contribution in [0.5, 0.6) is 0 Å². The number of hydrogen-bond acceptors (Lipinski definition) is 1. The van der Waals surface area contributed by atoms with E-state index in [1.165, 1.54) is 41.4 Å². The zero-order valence-corrected chi connectivity index (χ0v) is 9.72. The van der Waals surface area contributed by atoms with Gasteiger partial charge in [0.1, 0.15) is 0 Å². The van der Waals surface area contributed by atoms with E-state index in [0.29, 0.717) is 6.04 Å². The molecule has 1 aliphatic heterocycles. The summed E-state index contributed by atoms with van der Waals surface area (Å²) in [7, 11) is 0. The van der Waals surface area contributed by atoms with E-state index in [2.05, 4.69) is 41.6 Å². The number of benzene rings is 1. The molecule has 0 amide bonds. The monoisotopic (exact) mass is 214 g/mol. The third-order valence-corrected chi connectivity index (χ3v) is 3.55. The van der Waals surface area contributed by atoms with E-state index in [1.807, 2.05) is 0 Å². The molecule has 0 radical (unpaired) electrons. The van der Waals surface area contributed by atoms with Crippen LogP contribution in [0.1, 0.15) is 24.0 Å². The van der Waals surface area contributed by atoms with Gasteiger partial charge in [-0.2, -0.15) is 0 Å². The number of aromatic nitrogens is 1. The SMILES string of the molecule is Cc1ccc2[nH]cc(CC3CCCN3)c2c1. The number of hydrogen-bond donors (Lipinski definition) is 2. The van der Waals surface area contributed by atoms with Crippen LogP contribution in [0.3, 0.4) is 0 Å². The van der Waals surface area contributed by atoms with Crippen molar-refractivity contribution in [2.75, 3.05) is 6.54 Å². The highest BCUT2D eigenvalue weighted by atomic mass is 14.9. The Morgan fingerprint density at radius 1 is 1.38 bits per heavy atom. The van der Waals surface area contributed by atoms with Crippen LogP contribution in [0.25, 0.3) is 10.9 Å². The Kier molecular flexibility index (Phi) is 2.44. The van der Waals surface area contributed by atoms with Gasteiger partial charge in [-0.25, -0.2) is 0 Å². The fraction of sp³-hybridized carbons (Fsp3) is 0.429. The second-order valence-corrected chi connectivity index (χ2v) is 4.86. The summed E-state index contributed by atoms with van der Waals surface area (Å²) in [5.74, 6) is 0. The number of aryl methyl sites for hydroxylation is 1. The Morgan fingerprint density at radius 2 is 2.31 bits per heavy atom. The molecule has 2 N–H and O–H groups in total. The molecule has 2 aromatic rings. The number of H-pyrrole nitrogens is 1. The van der Waals surface area contributed by atoms with Crippen molar-refractivity contribution in [1.29, 1.82) is 0 Å². The molecule has 1 aliphatic rings. The van der Waals surface area contributed by atoms with Gasteiger partial charge in [0, 0.05) is 23.1 Å². The Bertz CT molecular complexity index is 492. The summed E-state index contributed by atoms with van der Waals surface area (Å²) in [5.41, 5.74) is 4.06. The first-order valence-electron chi connectivity index (χ1n) is 6.13. The maximum atomic E-state index is 3.56. The molecule has 0 spiro atoms. The smallest absolute Gasteiger partial charge is 0.0456 e.